The van der Waals surface area contributed by atoms with Crippen LogP contribution in [0, 0.1) is 0 Å². The van der Waals surface area contributed by atoms with E-state index >= 15 is 0 Å². The maximum Gasteiger partial charge on any atom is 0.282 e. The normalized spacial score (nSPS) is 37.1. The molecule has 0 saturated carbocycles. The Morgan fingerprint density at radius 3 is 2.48 bits per heavy atom. The molecule has 2 bridgehead atoms. The summed E-state index contributed by atoms with van der Waals surface area (Å²) < 4.78 is 0. The number of amides is 2. The van der Waals surface area contributed by atoms with E-state index in [0.717, 1.165) is 6.92 Å². The first-order valence-electron chi connectivity index (χ1n) is 6.52. The number of ketones is 1. The number of rotatable bonds is 3. The van der Waals surface area contributed by atoms with E-state index in [1.807, 2.05) is 5.32 Å². The fourth-order valence-corrected chi connectivity index (χ4v) is 2.71. The Balaban J connectivity index is 2.47. The van der Waals surface area contributed by atoms with E-state index in [0.29, 0.717) is 0 Å². The Labute approximate surface area is 120 Å². The fraction of sp³-hybridized carbons (Fsp3) is 0.750. The molecule has 21 heavy (non-hydrogen) atoms. The van der Waals surface area contributed by atoms with E-state index < -0.39 is 47.2 Å². The molecule has 3 heterocycles. The second-order valence-corrected chi connectivity index (χ2v) is 5.78. The number of hydrogen-bond donors (Lipinski definition) is 6. The third kappa shape index (κ3) is 2.13. The third-order valence-electron chi connectivity index (χ3n) is 4.12. The monoisotopic (exact) mass is 302 g/mol. The molecule has 0 aromatic rings. The van der Waals surface area contributed by atoms with Gasteiger partial charge in [-0.15, -0.1) is 0 Å². The van der Waals surface area contributed by atoms with Gasteiger partial charge in [-0.2, -0.15) is 0 Å². The van der Waals surface area contributed by atoms with E-state index in [9.17, 15) is 29.7 Å². The number of carbonyl (C=O) groups is 3. The average molecular weight is 302 g/mol. The lowest BCUT2D eigenvalue weighted by Gasteiger charge is -2.49. The van der Waals surface area contributed by atoms with Crippen molar-refractivity contribution in [2.75, 3.05) is 6.61 Å². The van der Waals surface area contributed by atoms with Crippen molar-refractivity contribution < 1.29 is 34.8 Å². The van der Waals surface area contributed by atoms with Gasteiger partial charge in [0, 0.05) is 6.42 Å². The summed E-state index contributed by atoms with van der Waals surface area (Å²) in [6.07, 6.45) is -1.99. The largest absolute Gasteiger partial charge is 0.393 e. The molecule has 0 spiro atoms. The van der Waals surface area contributed by atoms with E-state index in [1.54, 1.807) is 0 Å². The predicted octanol–water partition coefficient (Wildman–Crippen LogP) is -3.48. The van der Waals surface area contributed by atoms with Gasteiger partial charge in [0.1, 0.15) is 17.2 Å². The van der Waals surface area contributed by atoms with Crippen LogP contribution in [0.4, 0.5) is 0 Å². The van der Waals surface area contributed by atoms with E-state index in [4.69, 9.17) is 5.11 Å². The number of aliphatic hydroxyl groups excluding tert-OH is 2. The smallest absolute Gasteiger partial charge is 0.282 e. The molecule has 3 aliphatic heterocycles. The van der Waals surface area contributed by atoms with Crippen molar-refractivity contribution in [3.05, 3.63) is 0 Å². The molecular formula is C12H18N2O7. The van der Waals surface area contributed by atoms with Crippen molar-refractivity contribution >= 4 is 17.6 Å². The van der Waals surface area contributed by atoms with Gasteiger partial charge in [0.25, 0.3) is 17.5 Å². The van der Waals surface area contributed by atoms with E-state index in [2.05, 4.69) is 5.32 Å². The van der Waals surface area contributed by atoms with Gasteiger partial charge in [-0.25, -0.2) is 0 Å². The zero-order valence-electron chi connectivity index (χ0n) is 11.4. The third-order valence-corrected chi connectivity index (χ3v) is 4.12. The second-order valence-electron chi connectivity index (χ2n) is 5.78. The summed E-state index contributed by atoms with van der Waals surface area (Å²) in [5.41, 5.74) is -6.63. The number of hydrogen-bond acceptors (Lipinski definition) is 7. The minimum atomic E-state index is -2.66. The number of Topliss-reactive ketones (excluding diaryl/α,β-unsaturated/α-hetero) is 1. The summed E-state index contributed by atoms with van der Waals surface area (Å²) in [6, 6.07) is 0. The van der Waals surface area contributed by atoms with Crippen LogP contribution in [0.1, 0.15) is 26.2 Å². The summed E-state index contributed by atoms with van der Waals surface area (Å²) in [6.45, 7) is 0.263. The van der Waals surface area contributed by atoms with Crippen LogP contribution in [0.3, 0.4) is 0 Å². The molecule has 4 atom stereocenters. The lowest BCUT2D eigenvalue weighted by molar-refractivity contribution is -0.185. The van der Waals surface area contributed by atoms with Crippen LogP contribution in [0.5, 0.6) is 0 Å². The van der Waals surface area contributed by atoms with Crippen LogP contribution < -0.4 is 10.6 Å². The predicted molar refractivity (Wildman–Crippen MR) is 66.5 cm³/mol. The second kappa shape index (κ2) is 4.73. The van der Waals surface area contributed by atoms with Crippen LogP contribution in [0.25, 0.3) is 0 Å². The molecule has 6 N–H and O–H groups in total. The highest BCUT2D eigenvalue weighted by Crippen LogP contribution is 2.33. The minimum Gasteiger partial charge on any atom is -0.393 e. The maximum absolute atomic E-state index is 12.3. The van der Waals surface area contributed by atoms with Gasteiger partial charge >= 0.3 is 0 Å². The summed E-state index contributed by atoms with van der Waals surface area (Å²) in [5, 5.41) is 43.5. The SMILES string of the molecule is C[C@@](O)(CO)[C@@H](O)[C@]12CCCC(=O)[C@](O)(NC1=O)C(=O)N2. The Hall–Kier alpha value is -1.55. The van der Waals surface area contributed by atoms with Crippen LogP contribution >= 0.6 is 0 Å². The number of nitrogens with one attached hydrogen (secondary N) is 2. The van der Waals surface area contributed by atoms with Crippen molar-refractivity contribution in [1.82, 2.24) is 10.6 Å². The van der Waals surface area contributed by atoms with Crippen LogP contribution in [-0.2, 0) is 14.4 Å². The van der Waals surface area contributed by atoms with Crippen LogP contribution in [0.15, 0.2) is 0 Å². The standard InChI is InChI=1S/C12H18N2O7/c1-10(20,5-15)7(17)11-4-2-3-6(16)12(21,9(19)13-11)14-8(11)18/h7,15,17,20-21H,2-5H2,1H3,(H,13,19)(H,14,18)/t7-,10-,11-,12-/m1/s1. The Morgan fingerprint density at radius 1 is 1.29 bits per heavy atom. The molecule has 0 aliphatic carbocycles. The molecule has 0 unspecified atom stereocenters. The van der Waals surface area contributed by atoms with Crippen LogP contribution in [-0.4, -0.2) is 67.6 Å². The molecule has 0 aromatic carbocycles. The van der Waals surface area contributed by atoms with Crippen molar-refractivity contribution in [3.63, 3.8) is 0 Å². The van der Waals surface area contributed by atoms with Crippen molar-refractivity contribution in [2.45, 2.75) is 49.2 Å². The molecule has 3 fully saturated rings. The summed E-state index contributed by atoms with van der Waals surface area (Å²) in [7, 11) is 0. The highest BCUT2D eigenvalue weighted by Gasteiger charge is 2.63. The average Bonchev–Trinajstić information content (AvgIpc) is 2.42. The molecule has 2 amide bonds. The Kier molecular flexibility index (Phi) is 3.57. The number of fused-ring (bicyclic) bond motifs is 5. The Bertz CT molecular complexity index is 506. The zero-order chi connectivity index (χ0) is 16.1. The highest BCUT2D eigenvalue weighted by atomic mass is 16.4. The van der Waals surface area contributed by atoms with Crippen molar-refractivity contribution in [2.24, 2.45) is 0 Å². The molecular weight excluding hydrogens is 284 g/mol. The number of piperazine rings is 1. The lowest BCUT2D eigenvalue weighted by Crippen LogP contribution is -2.82. The fourth-order valence-electron chi connectivity index (χ4n) is 2.71. The Morgan fingerprint density at radius 2 is 1.90 bits per heavy atom. The maximum atomic E-state index is 12.3. The molecule has 3 saturated heterocycles. The van der Waals surface area contributed by atoms with Gasteiger partial charge < -0.3 is 31.1 Å². The lowest BCUT2D eigenvalue weighted by atomic mass is 9.73. The van der Waals surface area contributed by atoms with Gasteiger partial charge in [0.15, 0.2) is 5.78 Å². The van der Waals surface area contributed by atoms with Gasteiger partial charge in [0.2, 0.25) is 0 Å². The summed E-state index contributed by atoms with van der Waals surface area (Å²) in [5.74, 6) is -3.00. The topological polar surface area (TPSA) is 156 Å². The number of aliphatic hydroxyl groups is 4. The molecule has 0 aromatic heterocycles. The quantitative estimate of drug-likeness (QED) is 0.296. The summed E-state index contributed by atoms with van der Waals surface area (Å²) >= 11 is 0. The molecule has 3 rings (SSSR count). The van der Waals surface area contributed by atoms with E-state index in [1.165, 1.54) is 0 Å². The number of carbonyl (C=O) groups excluding carboxylic acids is 3. The van der Waals surface area contributed by atoms with Gasteiger partial charge in [-0.1, -0.05) is 0 Å². The first-order chi connectivity index (χ1) is 9.60. The van der Waals surface area contributed by atoms with Crippen LogP contribution in [0.2, 0.25) is 0 Å². The molecule has 118 valence electrons. The highest BCUT2D eigenvalue weighted by molar-refractivity contribution is 6.16. The van der Waals surface area contributed by atoms with Crippen molar-refractivity contribution in [3.8, 4) is 0 Å². The molecule has 9 heteroatoms. The van der Waals surface area contributed by atoms with Gasteiger partial charge in [0.05, 0.1) is 6.61 Å². The van der Waals surface area contributed by atoms with Gasteiger partial charge in [-0.3, -0.25) is 14.4 Å². The van der Waals surface area contributed by atoms with Crippen molar-refractivity contribution in [1.29, 1.82) is 0 Å². The zero-order valence-corrected chi connectivity index (χ0v) is 11.4. The molecule has 3 aliphatic rings. The molecule has 9 nitrogen and oxygen atoms in total. The molecule has 0 radical (unpaired) electrons. The summed E-state index contributed by atoms with van der Waals surface area (Å²) in [4.78, 5) is 36.0. The van der Waals surface area contributed by atoms with Gasteiger partial charge in [-0.05, 0) is 19.8 Å². The first kappa shape index (κ1) is 15.8. The first-order valence-corrected chi connectivity index (χ1v) is 6.52. The minimum absolute atomic E-state index is 0.118. The van der Waals surface area contributed by atoms with E-state index in [-0.39, 0.29) is 19.3 Å².